The number of nitrogens with zero attached hydrogens (tertiary/aromatic N) is 4. The van der Waals surface area contributed by atoms with Gasteiger partial charge in [-0.25, -0.2) is 28.0 Å². The van der Waals surface area contributed by atoms with Gasteiger partial charge in [-0.05, 0) is 67.7 Å². The normalized spacial score (nSPS) is 23.7. The van der Waals surface area contributed by atoms with Gasteiger partial charge in [-0.3, -0.25) is 9.59 Å². The van der Waals surface area contributed by atoms with Crippen LogP contribution in [0.25, 0.3) is 22.3 Å². The second-order valence-electron chi connectivity index (χ2n) is 20.6. The van der Waals surface area contributed by atoms with Crippen LogP contribution in [0.2, 0.25) is 0 Å². The summed E-state index contributed by atoms with van der Waals surface area (Å²) in [6.07, 6.45) is 4.73. The Kier molecular flexibility index (Phi) is 13.8. The van der Waals surface area contributed by atoms with E-state index in [-0.39, 0.29) is 43.4 Å². The van der Waals surface area contributed by atoms with Gasteiger partial charge in [-0.1, -0.05) is 71.2 Å². The fraction of sp³-hybridized carbons (Fsp3) is 0.520. The van der Waals surface area contributed by atoms with E-state index in [4.69, 9.17) is 19.4 Å². The van der Waals surface area contributed by atoms with Crippen LogP contribution in [0.15, 0.2) is 71.5 Å². The number of thiazole rings is 1. The third-order valence-corrected chi connectivity index (χ3v) is 16.9. The maximum atomic E-state index is 15.5. The minimum Gasteiger partial charge on any atom is -0.497 e. The molecule has 0 radical (unpaired) electrons. The minimum atomic E-state index is -3.81. The van der Waals surface area contributed by atoms with Crippen molar-refractivity contribution in [3.63, 3.8) is 0 Å². The van der Waals surface area contributed by atoms with Crippen LogP contribution >= 0.6 is 11.3 Å². The molecule has 5 N–H and O–H groups in total. The van der Waals surface area contributed by atoms with Gasteiger partial charge < -0.3 is 40.7 Å². The Labute approximate surface area is 407 Å². The molecule has 19 heteroatoms. The van der Waals surface area contributed by atoms with Crippen molar-refractivity contribution >= 4 is 61.2 Å². The number of pyridine rings is 1. The third-order valence-electron chi connectivity index (χ3n) is 14.2. The van der Waals surface area contributed by atoms with Gasteiger partial charge in [0.15, 0.2) is 5.13 Å². The topological polar surface area (TPSA) is 221 Å². The summed E-state index contributed by atoms with van der Waals surface area (Å²) in [5, 5.41) is 25.8. The number of aromatic nitrogens is 2. The van der Waals surface area contributed by atoms with Gasteiger partial charge in [0.2, 0.25) is 21.8 Å². The minimum absolute atomic E-state index is 0.00885. The lowest BCUT2D eigenvalue weighted by atomic mass is 9.70. The highest BCUT2D eigenvalue weighted by Crippen LogP contribution is 2.46. The number of ether oxygens (including phenoxy) is 2. The molecular weight excluding hydrogens is 921 g/mol. The van der Waals surface area contributed by atoms with E-state index in [0.29, 0.717) is 52.2 Å². The summed E-state index contributed by atoms with van der Waals surface area (Å²) in [6, 6.07) is 10.6. The van der Waals surface area contributed by atoms with E-state index in [9.17, 15) is 27.9 Å². The van der Waals surface area contributed by atoms with Crippen LogP contribution in [0.1, 0.15) is 92.1 Å². The first-order valence-corrected chi connectivity index (χ1v) is 26.0. The van der Waals surface area contributed by atoms with Crippen molar-refractivity contribution in [1.29, 1.82) is 0 Å². The molecule has 17 nitrogen and oxygen atoms in total. The molecule has 2 saturated carbocycles. The van der Waals surface area contributed by atoms with Crippen LogP contribution in [0, 0.1) is 16.7 Å². The first-order chi connectivity index (χ1) is 32.6. The Hall–Kier alpha value is -5.79. The van der Waals surface area contributed by atoms with Crippen LogP contribution < -0.4 is 30.7 Å². The van der Waals surface area contributed by atoms with Crippen molar-refractivity contribution < 1.29 is 42.2 Å². The van der Waals surface area contributed by atoms with E-state index in [2.05, 4.69) is 27.8 Å². The molecule has 370 valence electrons. The van der Waals surface area contributed by atoms with Crippen LogP contribution in [0.5, 0.6) is 11.5 Å². The molecule has 4 aliphatic rings. The summed E-state index contributed by atoms with van der Waals surface area (Å²) >= 11 is 1.45. The molecule has 0 bridgehead atoms. The number of urea groups is 1. The van der Waals surface area contributed by atoms with Gasteiger partial charge in [0.05, 0.1) is 29.8 Å². The maximum Gasteiger partial charge on any atom is 0.330 e. The SMILES string of the molecule is C=CC1C[C@]1(NC(=O)[C@@H]1C[C@@H](Oc2cc(-c3csc(NC(C)C)n3)nc3cc(OC)ccc23)CN1C(=O)[C@@H](NC(=O)NC(CN1Cc2ccccc2S1(=O)=O)C(C)(C)C)C1(C)CCCCC1)C(=O)O. The molecule has 2 aromatic carbocycles. The average molecular weight is 985 g/mol. The van der Waals surface area contributed by atoms with Gasteiger partial charge in [0.25, 0.3) is 0 Å². The summed E-state index contributed by atoms with van der Waals surface area (Å²) < 4.78 is 41.0. The lowest BCUT2D eigenvalue weighted by molar-refractivity contribution is -0.146. The molecular formula is C50H64N8O9S2. The Morgan fingerprint density at radius 3 is 2.42 bits per heavy atom. The maximum absolute atomic E-state index is 15.5. The molecule has 2 aromatic heterocycles. The standard InChI is InChI=1S/C50H64N8O9S2/c1-9-31-24-50(31,45(61)62)56-43(59)38-22-33(67-39-23-36(37-28-68-47(53-37)51-29(2)3)52-35-21-32(66-8)17-18-34(35)39)26-58(38)44(60)42(49(7)19-13-10-14-20-49)55-46(63)54-41(48(4,5)6)27-57-25-30-15-11-12-16-40(30)69(57,64)65/h9,11-12,15-18,21,23,28-29,31,33,38,41-42H,1,10,13-14,19-20,22,24-27H2,2-8H3,(H,51,53)(H,56,59)(H,61,62)(H2,54,55,63)/t31?,33-,38+,41?,42-,50-/m1/s1. The first kappa shape index (κ1) is 49.6. The molecule has 4 heterocycles. The van der Waals surface area contributed by atoms with E-state index in [1.54, 1.807) is 49.6 Å². The van der Waals surface area contributed by atoms with Crippen LogP contribution in [-0.2, 0) is 31.0 Å². The van der Waals surface area contributed by atoms with Crippen LogP contribution in [-0.4, -0.2) is 113 Å². The number of aliphatic carboxylic acids is 1. The molecule has 6 atom stereocenters. The van der Waals surface area contributed by atoms with Crippen molar-refractivity contribution in [1.82, 2.24) is 35.1 Å². The molecule has 2 aliphatic heterocycles. The molecule has 2 aliphatic carbocycles. The number of benzene rings is 2. The van der Waals surface area contributed by atoms with Crippen molar-refractivity contribution in [2.45, 2.75) is 134 Å². The summed E-state index contributed by atoms with van der Waals surface area (Å²) in [5.41, 5.74) is -0.514. The Morgan fingerprint density at radius 1 is 1.03 bits per heavy atom. The number of carboxylic acids is 1. The van der Waals surface area contributed by atoms with E-state index in [0.717, 1.165) is 24.4 Å². The molecule has 1 saturated heterocycles. The number of methoxy groups -OCH3 is 1. The van der Waals surface area contributed by atoms with Crippen molar-refractivity contribution in [2.24, 2.45) is 16.7 Å². The number of nitrogens with one attached hydrogen (secondary N) is 4. The summed E-state index contributed by atoms with van der Waals surface area (Å²) in [7, 11) is -2.25. The number of sulfonamides is 1. The third kappa shape index (κ3) is 10.1. The highest BCUT2D eigenvalue weighted by molar-refractivity contribution is 7.89. The average Bonchev–Trinajstić information content (AvgIpc) is 3.51. The van der Waals surface area contributed by atoms with Crippen molar-refractivity contribution in [3.05, 3.63) is 72.1 Å². The van der Waals surface area contributed by atoms with Crippen molar-refractivity contribution in [2.75, 3.05) is 25.5 Å². The quantitative estimate of drug-likeness (QED) is 0.0721. The highest BCUT2D eigenvalue weighted by Gasteiger charge is 2.61. The van der Waals surface area contributed by atoms with E-state index < -0.39 is 80.4 Å². The zero-order valence-electron chi connectivity index (χ0n) is 40.3. The smallest absolute Gasteiger partial charge is 0.330 e. The number of likely N-dealkylation sites (tertiary alicyclic amines) is 1. The molecule has 0 spiro atoms. The second-order valence-corrected chi connectivity index (χ2v) is 23.4. The second kappa shape index (κ2) is 19.2. The van der Waals surface area contributed by atoms with Gasteiger partial charge in [0.1, 0.15) is 40.9 Å². The van der Waals surface area contributed by atoms with Gasteiger partial charge in [0, 0.05) is 60.4 Å². The number of carboxylic acid groups (broad SMARTS) is 1. The lowest BCUT2D eigenvalue weighted by Crippen LogP contribution is -2.63. The summed E-state index contributed by atoms with van der Waals surface area (Å²) in [4.78, 5) is 68.5. The molecule has 8 rings (SSSR count). The molecule has 4 amide bonds. The number of fused-ring (bicyclic) bond motifs is 2. The Bertz CT molecular complexity index is 2750. The number of rotatable bonds is 16. The largest absolute Gasteiger partial charge is 0.497 e. The number of carbonyl (C=O) groups excluding carboxylic acids is 3. The van der Waals surface area contributed by atoms with E-state index in [1.165, 1.54) is 26.6 Å². The predicted molar refractivity (Wildman–Crippen MR) is 263 cm³/mol. The zero-order valence-corrected chi connectivity index (χ0v) is 42.0. The van der Waals surface area contributed by atoms with Crippen molar-refractivity contribution in [3.8, 4) is 22.9 Å². The number of hydrogen-bond donors (Lipinski definition) is 5. The number of carbonyl (C=O) groups is 4. The van der Waals surface area contributed by atoms with Gasteiger partial charge in [-0.2, -0.15) is 4.31 Å². The van der Waals surface area contributed by atoms with Crippen LogP contribution in [0.3, 0.4) is 0 Å². The number of anilines is 1. The predicted octanol–water partition coefficient (Wildman–Crippen LogP) is 6.94. The Morgan fingerprint density at radius 2 is 1.77 bits per heavy atom. The number of amides is 4. The highest BCUT2D eigenvalue weighted by atomic mass is 32.2. The number of hydrogen-bond acceptors (Lipinski definition) is 12. The fourth-order valence-electron chi connectivity index (χ4n) is 9.99. The van der Waals surface area contributed by atoms with Gasteiger partial charge >= 0.3 is 12.0 Å². The fourth-order valence-corrected chi connectivity index (χ4v) is 12.5. The monoisotopic (exact) mass is 984 g/mol. The summed E-state index contributed by atoms with van der Waals surface area (Å²) in [5.74, 6) is -1.85. The zero-order chi connectivity index (χ0) is 49.6. The van der Waals surface area contributed by atoms with E-state index >= 15 is 4.79 Å². The van der Waals surface area contributed by atoms with Crippen LogP contribution in [0.4, 0.5) is 9.93 Å². The lowest BCUT2D eigenvalue weighted by Gasteiger charge is -2.43. The van der Waals surface area contributed by atoms with Gasteiger partial charge in [-0.15, -0.1) is 17.9 Å². The summed E-state index contributed by atoms with van der Waals surface area (Å²) in [6.45, 7) is 15.6. The molecule has 3 fully saturated rings. The Balaban J connectivity index is 1.11. The van der Waals surface area contributed by atoms with E-state index in [1.807, 2.05) is 53.0 Å². The first-order valence-electron chi connectivity index (χ1n) is 23.7. The molecule has 2 unspecified atom stereocenters. The molecule has 69 heavy (non-hydrogen) atoms. The molecule has 4 aromatic rings.